The van der Waals surface area contributed by atoms with Gasteiger partial charge in [-0.2, -0.15) is 0 Å². The second-order valence-corrected chi connectivity index (χ2v) is 6.65. The van der Waals surface area contributed by atoms with Gasteiger partial charge < -0.3 is 9.84 Å². The molecule has 0 aliphatic carbocycles. The summed E-state index contributed by atoms with van der Waals surface area (Å²) in [6, 6.07) is 5.54. The maximum Gasteiger partial charge on any atom is 0.317 e. The number of aliphatic carboxylic acids is 1. The summed E-state index contributed by atoms with van der Waals surface area (Å²) in [4.78, 5) is 15.0. The third-order valence-corrected chi connectivity index (χ3v) is 4.65. The van der Waals surface area contributed by atoms with Crippen molar-refractivity contribution in [3.63, 3.8) is 0 Å². The Balaban J connectivity index is 0.00000288. The highest BCUT2D eigenvalue weighted by atomic mass is 35.5. The number of carboxylic acid groups (broad SMARTS) is 1. The largest absolute Gasteiger partial charge is 0.491 e. The quantitative estimate of drug-likeness (QED) is 0.765. The zero-order valence-corrected chi connectivity index (χ0v) is 15.9. The molecule has 8 heteroatoms. The maximum atomic E-state index is 10.8. The summed E-state index contributed by atoms with van der Waals surface area (Å²) in [5, 5.41) is 9.96. The second-order valence-electron chi connectivity index (χ2n) is 5.80. The zero-order valence-electron chi connectivity index (χ0n) is 13.6. The predicted octanol–water partition coefficient (Wildman–Crippen LogP) is 3.27. The summed E-state index contributed by atoms with van der Waals surface area (Å²) in [5.41, 5.74) is 0. The first-order valence-electron chi connectivity index (χ1n) is 7.68. The number of hydrogen-bond donors (Lipinski definition) is 1. The lowest BCUT2D eigenvalue weighted by Gasteiger charge is -2.36. The van der Waals surface area contributed by atoms with Crippen molar-refractivity contribution in [3.8, 4) is 5.75 Å². The Morgan fingerprint density at radius 3 is 2.62 bits per heavy atom. The van der Waals surface area contributed by atoms with Crippen LogP contribution in [0.5, 0.6) is 5.75 Å². The number of carboxylic acids is 1. The molecule has 24 heavy (non-hydrogen) atoms. The van der Waals surface area contributed by atoms with E-state index >= 15 is 0 Å². The van der Waals surface area contributed by atoms with Gasteiger partial charge in [0, 0.05) is 17.6 Å². The summed E-state index contributed by atoms with van der Waals surface area (Å²) in [7, 11) is 1.88. The van der Waals surface area contributed by atoms with Crippen LogP contribution in [-0.2, 0) is 4.79 Å². The first kappa shape index (κ1) is 21.3. The minimum atomic E-state index is -0.775. The number of rotatable bonds is 7. The van der Waals surface area contributed by atoms with Crippen molar-refractivity contribution in [1.82, 2.24) is 9.80 Å². The first-order valence-corrected chi connectivity index (χ1v) is 8.43. The van der Waals surface area contributed by atoms with Crippen LogP contribution in [0.15, 0.2) is 18.2 Å². The molecule has 1 fully saturated rings. The van der Waals surface area contributed by atoms with Crippen molar-refractivity contribution in [1.29, 1.82) is 0 Å². The zero-order chi connectivity index (χ0) is 16.8. The van der Waals surface area contributed by atoms with Crippen molar-refractivity contribution >= 4 is 41.6 Å². The van der Waals surface area contributed by atoms with Gasteiger partial charge in [-0.3, -0.25) is 14.6 Å². The summed E-state index contributed by atoms with van der Waals surface area (Å²) in [5.74, 6) is -0.129. The van der Waals surface area contributed by atoms with E-state index in [1.54, 1.807) is 18.2 Å². The van der Waals surface area contributed by atoms with Gasteiger partial charge >= 0.3 is 5.97 Å². The van der Waals surface area contributed by atoms with E-state index in [4.69, 9.17) is 33.0 Å². The molecule has 0 spiro atoms. The average molecular weight is 398 g/mol. The minimum Gasteiger partial charge on any atom is -0.491 e. The molecule has 0 amide bonds. The van der Waals surface area contributed by atoms with Crippen LogP contribution in [0.1, 0.15) is 12.8 Å². The van der Waals surface area contributed by atoms with E-state index in [9.17, 15) is 4.79 Å². The van der Waals surface area contributed by atoms with Crippen LogP contribution >= 0.6 is 35.6 Å². The average Bonchev–Trinajstić information content (AvgIpc) is 2.49. The Bertz CT molecular complexity index is 537. The molecule has 0 radical (unpaired) electrons. The second kappa shape index (κ2) is 10.3. The van der Waals surface area contributed by atoms with Gasteiger partial charge in [0.05, 0.1) is 11.6 Å². The van der Waals surface area contributed by atoms with Crippen LogP contribution < -0.4 is 4.74 Å². The van der Waals surface area contributed by atoms with Gasteiger partial charge in [-0.05, 0) is 51.2 Å². The first-order chi connectivity index (χ1) is 11.0. The molecule has 1 aromatic rings. The van der Waals surface area contributed by atoms with Crippen LogP contribution in [0.2, 0.25) is 10.0 Å². The van der Waals surface area contributed by atoms with Crippen LogP contribution in [0.3, 0.4) is 0 Å². The van der Waals surface area contributed by atoms with E-state index in [-0.39, 0.29) is 19.0 Å². The third-order valence-electron chi connectivity index (χ3n) is 4.12. The smallest absolute Gasteiger partial charge is 0.317 e. The fraction of sp³-hybridized carbons (Fsp3) is 0.562. The van der Waals surface area contributed by atoms with Gasteiger partial charge in [0.1, 0.15) is 12.4 Å². The molecule has 1 saturated heterocycles. The van der Waals surface area contributed by atoms with Gasteiger partial charge in [-0.15, -0.1) is 12.4 Å². The molecule has 1 aliphatic heterocycles. The topological polar surface area (TPSA) is 53.0 Å². The Morgan fingerprint density at radius 1 is 1.38 bits per heavy atom. The molecule has 1 heterocycles. The SMILES string of the molecule is CN(CC(=O)O)C1CCN(CCOc2ccc(Cl)cc2Cl)CC1.Cl. The molecular formula is C16H23Cl3N2O3. The minimum absolute atomic E-state index is 0. The molecule has 0 unspecified atom stereocenters. The van der Waals surface area contributed by atoms with Crippen molar-refractivity contribution in [2.75, 3.05) is 39.8 Å². The highest BCUT2D eigenvalue weighted by Crippen LogP contribution is 2.27. The molecule has 0 saturated carbocycles. The van der Waals surface area contributed by atoms with Gasteiger partial charge in [0.2, 0.25) is 0 Å². The van der Waals surface area contributed by atoms with Crippen LogP contribution in [0.25, 0.3) is 0 Å². The van der Waals surface area contributed by atoms with Crippen molar-refractivity contribution in [3.05, 3.63) is 28.2 Å². The van der Waals surface area contributed by atoms with Crippen LogP contribution in [0, 0.1) is 0 Å². The van der Waals surface area contributed by atoms with Gasteiger partial charge in [0.25, 0.3) is 0 Å². The highest BCUT2D eigenvalue weighted by molar-refractivity contribution is 6.35. The van der Waals surface area contributed by atoms with Crippen molar-refractivity contribution in [2.24, 2.45) is 0 Å². The van der Waals surface area contributed by atoms with Gasteiger partial charge in [-0.25, -0.2) is 0 Å². The Morgan fingerprint density at radius 2 is 2.04 bits per heavy atom. The Kier molecular flexibility index (Phi) is 9.16. The molecule has 2 rings (SSSR count). The number of likely N-dealkylation sites (N-methyl/N-ethyl adjacent to an activating group) is 1. The number of piperidine rings is 1. The Labute approximate surface area is 158 Å². The van der Waals surface area contributed by atoms with Crippen molar-refractivity contribution in [2.45, 2.75) is 18.9 Å². The molecule has 1 aliphatic rings. The highest BCUT2D eigenvalue weighted by Gasteiger charge is 2.23. The van der Waals surface area contributed by atoms with Crippen molar-refractivity contribution < 1.29 is 14.6 Å². The van der Waals surface area contributed by atoms with Gasteiger partial charge in [-0.1, -0.05) is 23.2 Å². The standard InChI is InChI=1S/C16H22Cl2N2O3.ClH/c1-19(11-16(21)22)13-4-6-20(7-5-13)8-9-23-15-3-2-12(17)10-14(15)18;/h2-3,10,13H,4-9,11H2,1H3,(H,21,22);1H. The monoisotopic (exact) mass is 396 g/mol. The number of benzene rings is 1. The van der Waals surface area contributed by atoms with Crippen LogP contribution in [-0.4, -0.2) is 66.8 Å². The number of nitrogens with zero attached hydrogens (tertiary/aromatic N) is 2. The number of carbonyl (C=O) groups is 1. The molecule has 136 valence electrons. The van der Waals surface area contributed by atoms with E-state index in [0.29, 0.717) is 28.4 Å². The summed E-state index contributed by atoms with van der Waals surface area (Å²) < 4.78 is 5.70. The molecule has 5 nitrogen and oxygen atoms in total. The molecule has 0 atom stereocenters. The van der Waals surface area contributed by atoms with E-state index < -0.39 is 5.97 Å². The number of halogens is 3. The molecule has 0 aromatic heterocycles. The molecule has 1 N–H and O–H groups in total. The normalized spacial score (nSPS) is 16.0. The van der Waals surface area contributed by atoms with E-state index in [1.165, 1.54) is 0 Å². The van der Waals surface area contributed by atoms with E-state index in [1.807, 2.05) is 11.9 Å². The lowest BCUT2D eigenvalue weighted by Crippen LogP contribution is -2.45. The molecular weight excluding hydrogens is 375 g/mol. The molecule has 1 aromatic carbocycles. The van der Waals surface area contributed by atoms with Crippen LogP contribution in [0.4, 0.5) is 0 Å². The Hall–Kier alpha value is -0.720. The predicted molar refractivity (Wildman–Crippen MR) is 98.9 cm³/mol. The van der Waals surface area contributed by atoms with Gasteiger partial charge in [0.15, 0.2) is 0 Å². The number of ether oxygens (including phenoxy) is 1. The maximum absolute atomic E-state index is 10.8. The summed E-state index contributed by atoms with van der Waals surface area (Å²) in [6.07, 6.45) is 1.96. The lowest BCUT2D eigenvalue weighted by atomic mass is 10.0. The number of likely N-dealkylation sites (tertiary alicyclic amines) is 1. The third kappa shape index (κ3) is 6.65. The summed E-state index contributed by atoms with van der Waals surface area (Å²) in [6.45, 7) is 3.40. The lowest BCUT2D eigenvalue weighted by molar-refractivity contribution is -0.138. The fourth-order valence-electron chi connectivity index (χ4n) is 2.80. The van der Waals surface area contributed by atoms with E-state index in [2.05, 4.69) is 4.90 Å². The number of hydrogen-bond acceptors (Lipinski definition) is 4. The summed E-state index contributed by atoms with van der Waals surface area (Å²) >= 11 is 11.9. The molecule has 0 bridgehead atoms. The van der Waals surface area contributed by atoms with E-state index in [0.717, 1.165) is 32.5 Å². The fourth-order valence-corrected chi connectivity index (χ4v) is 3.27.